The Balaban J connectivity index is 1.06. The van der Waals surface area contributed by atoms with Gasteiger partial charge < -0.3 is 13.7 Å². The lowest BCUT2D eigenvalue weighted by Gasteiger charge is -2.14. The summed E-state index contributed by atoms with van der Waals surface area (Å²) < 4.78 is 9.48. The molecule has 62 heavy (non-hydrogen) atoms. The summed E-state index contributed by atoms with van der Waals surface area (Å²) in [7, 11) is 0. The van der Waals surface area contributed by atoms with E-state index < -0.39 is 0 Å². The largest absolute Gasteiger partial charge is 0.309 e. The van der Waals surface area contributed by atoms with E-state index in [1.165, 1.54) is 43.4 Å². The summed E-state index contributed by atoms with van der Waals surface area (Å²) in [6, 6.07) is 78.1. The number of benzene rings is 9. The molecule has 0 aliphatic heterocycles. The molecule has 0 spiro atoms. The standard InChI is InChI=1S/C56H36N6/c1-4-17-37(18-5-1)55-57-58-56(38-19-6-2-7-20-38)62(55)42-31-32-45-43-25-10-13-28-48(43)60(52(45)36-42)41-24-16-23-40(35-41)59-50-30-15-12-27-47(50)53-51(59)34-33-46-44-26-11-14-29-49(44)61(54(46)53)39-21-8-3-9-22-39/h1-36H. The Morgan fingerprint density at radius 1 is 0.258 bits per heavy atom. The Kier molecular flexibility index (Phi) is 7.50. The monoisotopic (exact) mass is 792 g/mol. The van der Waals surface area contributed by atoms with E-state index in [-0.39, 0.29) is 0 Å². The second-order valence-electron chi connectivity index (χ2n) is 15.9. The summed E-state index contributed by atoms with van der Waals surface area (Å²) in [5.74, 6) is 1.58. The number of para-hydroxylation sites is 4. The Morgan fingerprint density at radius 2 is 0.710 bits per heavy atom. The van der Waals surface area contributed by atoms with Crippen LogP contribution in [0.1, 0.15) is 0 Å². The second kappa shape index (κ2) is 13.5. The normalized spacial score (nSPS) is 11.9. The van der Waals surface area contributed by atoms with Gasteiger partial charge in [-0.1, -0.05) is 152 Å². The maximum atomic E-state index is 4.79. The Labute approximate surface area is 356 Å². The molecule has 0 N–H and O–H groups in total. The minimum Gasteiger partial charge on any atom is -0.309 e. The highest BCUT2D eigenvalue weighted by atomic mass is 15.3. The van der Waals surface area contributed by atoms with Gasteiger partial charge in [0.05, 0.1) is 38.8 Å². The van der Waals surface area contributed by atoms with Gasteiger partial charge in [-0.05, 0) is 66.7 Å². The van der Waals surface area contributed by atoms with Crippen LogP contribution in [0.5, 0.6) is 0 Å². The third kappa shape index (κ3) is 5.04. The molecule has 6 nitrogen and oxygen atoms in total. The first-order valence-electron chi connectivity index (χ1n) is 21.0. The zero-order chi connectivity index (χ0) is 40.7. The fraction of sp³-hybridized carbons (Fsp3) is 0. The first kappa shape index (κ1) is 34.4. The van der Waals surface area contributed by atoms with Crippen molar-refractivity contribution in [2.45, 2.75) is 0 Å². The van der Waals surface area contributed by atoms with Gasteiger partial charge in [-0.3, -0.25) is 4.57 Å². The topological polar surface area (TPSA) is 45.5 Å². The molecule has 0 unspecified atom stereocenters. The van der Waals surface area contributed by atoms with Crippen molar-refractivity contribution >= 4 is 65.4 Å². The molecule has 0 aliphatic rings. The molecular formula is C56H36N6. The van der Waals surface area contributed by atoms with E-state index >= 15 is 0 Å². The summed E-state index contributed by atoms with van der Waals surface area (Å²) in [6.07, 6.45) is 0. The van der Waals surface area contributed by atoms with Gasteiger partial charge in [-0.2, -0.15) is 0 Å². The molecule has 9 aromatic carbocycles. The average molecular weight is 793 g/mol. The third-order valence-corrected chi connectivity index (χ3v) is 12.5. The van der Waals surface area contributed by atoms with Crippen molar-refractivity contribution in [1.29, 1.82) is 0 Å². The highest BCUT2D eigenvalue weighted by Gasteiger charge is 2.23. The van der Waals surface area contributed by atoms with Crippen LogP contribution in [0.3, 0.4) is 0 Å². The fourth-order valence-corrected chi connectivity index (χ4v) is 9.86. The van der Waals surface area contributed by atoms with E-state index in [2.05, 4.69) is 200 Å². The highest BCUT2D eigenvalue weighted by molar-refractivity contribution is 6.26. The van der Waals surface area contributed by atoms with E-state index in [0.717, 1.165) is 67.6 Å². The molecule has 0 radical (unpaired) electrons. The minimum absolute atomic E-state index is 0.792. The van der Waals surface area contributed by atoms with Gasteiger partial charge in [0.2, 0.25) is 0 Å². The lowest BCUT2D eigenvalue weighted by atomic mass is 10.1. The first-order chi connectivity index (χ1) is 30.8. The van der Waals surface area contributed by atoms with Crippen molar-refractivity contribution in [3.63, 3.8) is 0 Å². The molecule has 0 atom stereocenters. The first-order valence-corrected chi connectivity index (χ1v) is 21.0. The minimum atomic E-state index is 0.792. The van der Waals surface area contributed by atoms with Crippen LogP contribution >= 0.6 is 0 Å². The van der Waals surface area contributed by atoms with Crippen LogP contribution in [-0.4, -0.2) is 28.5 Å². The van der Waals surface area contributed by atoms with Gasteiger partial charge in [0.1, 0.15) is 0 Å². The van der Waals surface area contributed by atoms with Crippen molar-refractivity contribution in [3.05, 3.63) is 218 Å². The zero-order valence-electron chi connectivity index (χ0n) is 33.5. The van der Waals surface area contributed by atoms with Gasteiger partial charge in [0, 0.05) is 60.5 Å². The quantitative estimate of drug-likeness (QED) is 0.168. The molecule has 0 saturated heterocycles. The molecule has 0 amide bonds. The van der Waals surface area contributed by atoms with Crippen molar-refractivity contribution < 1.29 is 0 Å². The third-order valence-electron chi connectivity index (χ3n) is 12.5. The molecule has 0 saturated carbocycles. The average Bonchev–Trinajstić information content (AvgIpc) is 4.11. The van der Waals surface area contributed by atoms with Crippen LogP contribution in [0.15, 0.2) is 218 Å². The maximum absolute atomic E-state index is 4.79. The van der Waals surface area contributed by atoms with Crippen LogP contribution in [0.25, 0.3) is 111 Å². The molecular weight excluding hydrogens is 757 g/mol. The van der Waals surface area contributed by atoms with Crippen molar-refractivity contribution in [1.82, 2.24) is 28.5 Å². The molecule has 0 fully saturated rings. The predicted octanol–water partition coefficient (Wildman–Crippen LogP) is 13.9. The lowest BCUT2D eigenvalue weighted by Crippen LogP contribution is -2.02. The van der Waals surface area contributed by atoms with Crippen molar-refractivity contribution in [2.24, 2.45) is 0 Å². The number of fused-ring (bicyclic) bond motifs is 10. The van der Waals surface area contributed by atoms with Crippen LogP contribution in [0, 0.1) is 0 Å². The SMILES string of the molecule is c1ccc(-c2nnc(-c3ccccc3)n2-c2ccc3c4ccccc4n(-c4cccc(-n5c6ccccc6c6c5ccc5c7ccccc7n(-c7ccccc7)c56)c4)c3c2)cc1. The van der Waals surface area contributed by atoms with Gasteiger partial charge in [-0.25, -0.2) is 0 Å². The summed E-state index contributed by atoms with van der Waals surface area (Å²) in [5, 5.41) is 16.9. The van der Waals surface area contributed by atoms with E-state index in [9.17, 15) is 0 Å². The lowest BCUT2D eigenvalue weighted by molar-refractivity contribution is 1.07. The number of aromatic nitrogens is 6. The summed E-state index contributed by atoms with van der Waals surface area (Å²) in [4.78, 5) is 0. The number of hydrogen-bond donors (Lipinski definition) is 0. The van der Waals surface area contributed by atoms with E-state index in [0.29, 0.717) is 0 Å². The summed E-state index contributed by atoms with van der Waals surface area (Å²) in [5.41, 5.74) is 13.3. The van der Waals surface area contributed by atoms with Gasteiger partial charge in [-0.15, -0.1) is 10.2 Å². The summed E-state index contributed by atoms with van der Waals surface area (Å²) >= 11 is 0. The molecule has 290 valence electrons. The molecule has 0 aliphatic carbocycles. The van der Waals surface area contributed by atoms with Crippen LogP contribution in [-0.2, 0) is 0 Å². The Hall–Kier alpha value is -8.48. The van der Waals surface area contributed by atoms with Crippen molar-refractivity contribution in [3.8, 4) is 45.5 Å². The van der Waals surface area contributed by atoms with Crippen molar-refractivity contribution in [2.75, 3.05) is 0 Å². The molecule has 6 heteroatoms. The maximum Gasteiger partial charge on any atom is 0.168 e. The Bertz CT molecular complexity index is 3790. The molecule has 0 bridgehead atoms. The molecule has 4 heterocycles. The van der Waals surface area contributed by atoms with Crippen LogP contribution in [0.4, 0.5) is 0 Å². The molecule has 4 aromatic heterocycles. The molecule has 13 aromatic rings. The Morgan fingerprint density at radius 3 is 1.35 bits per heavy atom. The van der Waals surface area contributed by atoms with Gasteiger partial charge in [0.25, 0.3) is 0 Å². The van der Waals surface area contributed by atoms with Crippen LogP contribution in [0.2, 0.25) is 0 Å². The van der Waals surface area contributed by atoms with E-state index in [1.807, 2.05) is 36.4 Å². The molecule has 13 rings (SSSR count). The van der Waals surface area contributed by atoms with Crippen LogP contribution < -0.4 is 0 Å². The number of nitrogens with zero attached hydrogens (tertiary/aromatic N) is 6. The predicted molar refractivity (Wildman–Crippen MR) is 255 cm³/mol. The van der Waals surface area contributed by atoms with E-state index in [1.54, 1.807) is 0 Å². The van der Waals surface area contributed by atoms with Gasteiger partial charge in [0.15, 0.2) is 11.6 Å². The fourth-order valence-electron chi connectivity index (χ4n) is 9.86. The van der Waals surface area contributed by atoms with Gasteiger partial charge >= 0.3 is 0 Å². The summed E-state index contributed by atoms with van der Waals surface area (Å²) in [6.45, 7) is 0. The number of rotatable bonds is 6. The highest BCUT2D eigenvalue weighted by Crippen LogP contribution is 2.43. The van der Waals surface area contributed by atoms with E-state index in [4.69, 9.17) is 10.2 Å². The second-order valence-corrected chi connectivity index (χ2v) is 15.9. The number of hydrogen-bond acceptors (Lipinski definition) is 2. The smallest absolute Gasteiger partial charge is 0.168 e. The zero-order valence-corrected chi connectivity index (χ0v) is 33.5.